The first-order valence-electron chi connectivity index (χ1n) is 10.8. The summed E-state index contributed by atoms with van der Waals surface area (Å²) in [4.78, 5) is 6.38. The van der Waals surface area contributed by atoms with Crippen molar-refractivity contribution in [2.75, 3.05) is 19.0 Å². The van der Waals surface area contributed by atoms with Crippen LogP contribution in [0.4, 0.5) is 5.13 Å². The molecule has 0 spiro atoms. The largest absolute Gasteiger partial charge is 0.499 e. The van der Waals surface area contributed by atoms with Gasteiger partial charge in [-0.3, -0.25) is 5.01 Å². The van der Waals surface area contributed by atoms with Crippen LogP contribution in [-0.4, -0.2) is 35.5 Å². The summed E-state index contributed by atoms with van der Waals surface area (Å²) >= 11 is 1.79. The maximum Gasteiger partial charge on any atom is 0.183 e. The fourth-order valence-electron chi connectivity index (χ4n) is 3.99. The molecular weight excluding hydrogens is 406 g/mol. The maximum atomic E-state index is 5.75. The lowest BCUT2D eigenvalue weighted by molar-refractivity contribution is 0.187. The van der Waals surface area contributed by atoms with Crippen LogP contribution < -0.4 is 11.1 Å². The van der Waals surface area contributed by atoms with Crippen molar-refractivity contribution in [1.29, 1.82) is 0 Å². The molecule has 0 amide bonds. The number of ether oxygens (including phenoxy) is 1. The SMILES string of the molecule is C=CN(N=C(C)N)C(CCCNc1nc2c(s1)CCCC2c1ccccc1)C(=C)OC. The van der Waals surface area contributed by atoms with Crippen LogP contribution in [0.15, 0.2) is 60.6 Å². The lowest BCUT2D eigenvalue weighted by Crippen LogP contribution is -2.31. The molecule has 1 aromatic carbocycles. The molecule has 2 unspecified atom stereocenters. The summed E-state index contributed by atoms with van der Waals surface area (Å²) < 4.78 is 5.38. The molecule has 1 heterocycles. The summed E-state index contributed by atoms with van der Waals surface area (Å²) in [6, 6.07) is 10.6. The summed E-state index contributed by atoms with van der Waals surface area (Å²) in [5.41, 5.74) is 8.36. The summed E-state index contributed by atoms with van der Waals surface area (Å²) in [6.07, 6.45) is 6.87. The highest BCUT2D eigenvalue weighted by Gasteiger charge is 2.26. The smallest absolute Gasteiger partial charge is 0.183 e. The van der Waals surface area contributed by atoms with E-state index in [1.807, 2.05) is 0 Å². The summed E-state index contributed by atoms with van der Waals surface area (Å²) in [6.45, 7) is 10.4. The molecule has 0 aliphatic heterocycles. The highest BCUT2D eigenvalue weighted by molar-refractivity contribution is 7.15. The quantitative estimate of drug-likeness (QED) is 0.168. The monoisotopic (exact) mass is 439 g/mol. The van der Waals surface area contributed by atoms with E-state index in [1.165, 1.54) is 29.0 Å². The molecular formula is C24H33N5OS. The third kappa shape index (κ3) is 5.88. The number of nitrogens with zero attached hydrogens (tertiary/aromatic N) is 3. The number of hydrogen-bond donors (Lipinski definition) is 2. The molecule has 31 heavy (non-hydrogen) atoms. The molecule has 166 valence electrons. The molecule has 0 radical (unpaired) electrons. The number of aryl methyl sites for hydroxylation is 1. The number of fused-ring (bicyclic) bond motifs is 1. The number of benzene rings is 1. The standard InChI is InChI=1S/C24H33N5OS/c1-5-29(28-18(3)25)21(17(2)30-4)14-10-16-26-24-27-23-20(13-9-15-22(23)31-24)19-11-7-6-8-12-19/h5-8,11-12,20-21H,1-2,9-10,13-16H2,3-4H3,(H2,25,28)(H,26,27). The number of amidine groups is 1. The molecule has 0 bridgehead atoms. The minimum atomic E-state index is -0.116. The third-order valence-corrected chi connectivity index (χ3v) is 6.59. The number of anilines is 1. The van der Waals surface area contributed by atoms with Crippen LogP contribution in [0.3, 0.4) is 0 Å². The molecule has 1 aliphatic rings. The van der Waals surface area contributed by atoms with E-state index in [1.54, 1.807) is 36.6 Å². The van der Waals surface area contributed by atoms with Gasteiger partial charge in [0, 0.05) is 23.5 Å². The van der Waals surface area contributed by atoms with E-state index in [9.17, 15) is 0 Å². The molecule has 7 heteroatoms. The van der Waals surface area contributed by atoms with Crippen LogP contribution in [0.25, 0.3) is 0 Å². The van der Waals surface area contributed by atoms with E-state index in [4.69, 9.17) is 15.5 Å². The zero-order valence-electron chi connectivity index (χ0n) is 18.5. The second-order valence-electron chi connectivity index (χ2n) is 7.74. The Bertz CT molecular complexity index is 904. The molecule has 3 N–H and O–H groups in total. The molecule has 6 nitrogen and oxygen atoms in total. The van der Waals surface area contributed by atoms with Gasteiger partial charge in [-0.2, -0.15) is 5.10 Å². The second-order valence-corrected chi connectivity index (χ2v) is 8.83. The van der Waals surface area contributed by atoms with Gasteiger partial charge in [-0.25, -0.2) is 4.98 Å². The van der Waals surface area contributed by atoms with E-state index in [0.717, 1.165) is 30.9 Å². The van der Waals surface area contributed by atoms with Crippen LogP contribution in [0.1, 0.15) is 54.7 Å². The molecule has 0 saturated heterocycles. The van der Waals surface area contributed by atoms with Crippen molar-refractivity contribution < 1.29 is 4.74 Å². The van der Waals surface area contributed by atoms with Gasteiger partial charge < -0.3 is 15.8 Å². The number of rotatable bonds is 11. The zero-order valence-corrected chi connectivity index (χ0v) is 19.3. The Morgan fingerprint density at radius 3 is 2.90 bits per heavy atom. The van der Waals surface area contributed by atoms with Gasteiger partial charge in [0.05, 0.1) is 12.8 Å². The van der Waals surface area contributed by atoms with Crippen LogP contribution in [0, 0.1) is 0 Å². The summed E-state index contributed by atoms with van der Waals surface area (Å²) in [5.74, 6) is 1.51. The van der Waals surface area contributed by atoms with E-state index < -0.39 is 0 Å². The molecule has 2 aromatic rings. The van der Waals surface area contributed by atoms with Gasteiger partial charge in [0.25, 0.3) is 0 Å². The average molecular weight is 440 g/mol. The predicted octanol–water partition coefficient (Wildman–Crippen LogP) is 5.07. The Morgan fingerprint density at radius 1 is 1.45 bits per heavy atom. The van der Waals surface area contributed by atoms with E-state index in [2.05, 4.69) is 53.9 Å². The van der Waals surface area contributed by atoms with Crippen LogP contribution >= 0.6 is 11.3 Å². The van der Waals surface area contributed by atoms with Gasteiger partial charge in [-0.05, 0) is 44.6 Å². The molecule has 0 fully saturated rings. The Morgan fingerprint density at radius 2 is 2.23 bits per heavy atom. The average Bonchev–Trinajstić information content (AvgIpc) is 3.20. The number of thiazole rings is 1. The lowest BCUT2D eigenvalue weighted by atomic mass is 9.85. The van der Waals surface area contributed by atoms with Gasteiger partial charge in [0.2, 0.25) is 0 Å². The van der Waals surface area contributed by atoms with Crippen molar-refractivity contribution in [3.8, 4) is 0 Å². The highest BCUT2D eigenvalue weighted by atomic mass is 32.1. The molecule has 2 atom stereocenters. The Balaban J connectivity index is 1.60. The number of hydrogen-bond acceptors (Lipinski definition) is 6. The van der Waals surface area contributed by atoms with Crippen molar-refractivity contribution in [2.45, 2.75) is 51.0 Å². The maximum absolute atomic E-state index is 5.75. The van der Waals surface area contributed by atoms with Gasteiger partial charge in [0.15, 0.2) is 5.13 Å². The topological polar surface area (TPSA) is 75.8 Å². The molecule has 1 aromatic heterocycles. The minimum absolute atomic E-state index is 0.116. The van der Waals surface area contributed by atoms with Gasteiger partial charge in [0.1, 0.15) is 17.6 Å². The lowest BCUT2D eigenvalue weighted by Gasteiger charge is -2.27. The van der Waals surface area contributed by atoms with Crippen LogP contribution in [0.2, 0.25) is 0 Å². The summed E-state index contributed by atoms with van der Waals surface area (Å²) in [5, 5.41) is 10.6. The van der Waals surface area contributed by atoms with Gasteiger partial charge >= 0.3 is 0 Å². The van der Waals surface area contributed by atoms with Crippen molar-refractivity contribution in [3.05, 3.63) is 71.6 Å². The predicted molar refractivity (Wildman–Crippen MR) is 130 cm³/mol. The number of nitrogens with two attached hydrogens (primary N) is 1. The fourth-order valence-corrected chi connectivity index (χ4v) is 5.08. The Labute approximate surface area is 189 Å². The van der Waals surface area contributed by atoms with Crippen LogP contribution in [0.5, 0.6) is 0 Å². The van der Waals surface area contributed by atoms with E-state index >= 15 is 0 Å². The van der Waals surface area contributed by atoms with Crippen molar-refractivity contribution in [3.63, 3.8) is 0 Å². The third-order valence-electron chi connectivity index (χ3n) is 5.50. The van der Waals surface area contributed by atoms with Gasteiger partial charge in [-0.15, -0.1) is 11.3 Å². The second kappa shape index (κ2) is 11.0. The Hall–Kier alpha value is -2.80. The number of hydrazone groups is 1. The van der Waals surface area contributed by atoms with Crippen molar-refractivity contribution >= 4 is 22.3 Å². The first-order valence-corrected chi connectivity index (χ1v) is 11.6. The molecule has 1 aliphatic carbocycles. The van der Waals surface area contributed by atoms with Crippen molar-refractivity contribution in [2.24, 2.45) is 10.8 Å². The first kappa shape index (κ1) is 22.9. The molecule has 3 rings (SSSR count). The normalized spacial score (nSPS) is 16.8. The van der Waals surface area contributed by atoms with Crippen molar-refractivity contribution in [1.82, 2.24) is 9.99 Å². The van der Waals surface area contributed by atoms with Gasteiger partial charge in [-0.1, -0.05) is 43.5 Å². The van der Waals surface area contributed by atoms with Crippen LogP contribution in [-0.2, 0) is 11.2 Å². The molecule has 0 saturated carbocycles. The highest BCUT2D eigenvalue weighted by Crippen LogP contribution is 2.40. The minimum Gasteiger partial charge on any atom is -0.499 e. The summed E-state index contributed by atoms with van der Waals surface area (Å²) in [7, 11) is 1.62. The number of methoxy groups -OCH3 is 1. The number of aromatic nitrogens is 1. The van der Waals surface area contributed by atoms with E-state index in [0.29, 0.717) is 17.5 Å². The zero-order chi connectivity index (χ0) is 22.2. The van der Waals surface area contributed by atoms with E-state index in [-0.39, 0.29) is 6.04 Å². The number of nitrogens with one attached hydrogen (secondary N) is 1. The fraction of sp³-hybridized carbons (Fsp3) is 0.417. The Kier molecular flexibility index (Phi) is 8.12. The first-order chi connectivity index (χ1) is 15.0.